The number of sulfonamides is 1. The van der Waals surface area contributed by atoms with Gasteiger partial charge in [0.1, 0.15) is 0 Å². The topological polar surface area (TPSA) is 90.3 Å². The molecule has 1 saturated heterocycles. The Morgan fingerprint density at radius 1 is 1.03 bits per heavy atom. The smallest absolute Gasteiger partial charge is 0.255 e. The van der Waals surface area contributed by atoms with Crippen molar-refractivity contribution in [2.75, 3.05) is 18.4 Å². The predicted molar refractivity (Wildman–Crippen MR) is 121 cm³/mol. The first kappa shape index (κ1) is 22.0. The monoisotopic (exact) mass is 443 g/mol. The van der Waals surface area contributed by atoms with E-state index >= 15 is 0 Å². The number of hydrogen-bond donors (Lipinski definition) is 2. The fourth-order valence-electron chi connectivity index (χ4n) is 3.07. The molecule has 3 rings (SSSR count). The van der Waals surface area contributed by atoms with Crippen molar-refractivity contribution >= 4 is 45.5 Å². The minimum absolute atomic E-state index is 0.229. The predicted octanol–water partition coefficient (Wildman–Crippen LogP) is 4.51. The van der Waals surface area contributed by atoms with Crippen LogP contribution in [0.5, 0.6) is 0 Å². The summed E-state index contributed by atoms with van der Waals surface area (Å²) in [4.78, 5) is 12.7. The lowest BCUT2D eigenvalue weighted by Gasteiger charge is -2.15. The van der Waals surface area contributed by atoms with Gasteiger partial charge in [-0.3, -0.25) is 4.79 Å². The van der Waals surface area contributed by atoms with Gasteiger partial charge in [0.25, 0.3) is 5.91 Å². The Bertz CT molecular complexity index is 1070. The maximum atomic E-state index is 12.6. The highest BCUT2D eigenvalue weighted by molar-refractivity contribution is 7.89. The van der Waals surface area contributed by atoms with Crippen molar-refractivity contribution in [3.63, 3.8) is 0 Å². The highest BCUT2D eigenvalue weighted by Gasteiger charge is 2.26. The van der Waals surface area contributed by atoms with Gasteiger partial charge >= 0.3 is 0 Å². The van der Waals surface area contributed by atoms with Crippen molar-refractivity contribution in [3.8, 4) is 0 Å². The van der Waals surface area contributed by atoms with Crippen LogP contribution >= 0.6 is 11.6 Å². The SMILES string of the molecule is N=CC=CC(Cl)=Cc1ccc(C(=O)Nc2ccc(S(=O)(=O)N3CCCC3)cc2)cc1. The summed E-state index contributed by atoms with van der Waals surface area (Å²) >= 11 is 6.04. The Hall–Kier alpha value is -2.74. The van der Waals surface area contributed by atoms with E-state index in [1.165, 1.54) is 22.5 Å². The number of halogens is 1. The molecule has 0 aliphatic carbocycles. The fourth-order valence-corrected chi connectivity index (χ4v) is 4.78. The molecule has 156 valence electrons. The fraction of sp³-hybridized carbons (Fsp3) is 0.182. The second-order valence-corrected chi connectivity index (χ2v) is 9.14. The normalized spacial score (nSPS) is 15.4. The molecule has 1 aliphatic rings. The van der Waals surface area contributed by atoms with Gasteiger partial charge in [-0.1, -0.05) is 23.7 Å². The van der Waals surface area contributed by atoms with E-state index in [1.54, 1.807) is 48.6 Å². The molecule has 2 aromatic rings. The molecule has 0 unspecified atom stereocenters. The number of hydrogen-bond acceptors (Lipinski definition) is 4. The molecule has 0 bridgehead atoms. The zero-order chi connectivity index (χ0) is 21.6. The largest absolute Gasteiger partial charge is 0.322 e. The number of nitrogens with zero attached hydrogens (tertiary/aromatic N) is 1. The maximum absolute atomic E-state index is 12.6. The van der Waals surface area contributed by atoms with E-state index in [1.807, 2.05) is 0 Å². The zero-order valence-electron chi connectivity index (χ0n) is 16.2. The van der Waals surface area contributed by atoms with Crippen molar-refractivity contribution in [1.29, 1.82) is 5.41 Å². The van der Waals surface area contributed by atoms with Gasteiger partial charge in [-0.15, -0.1) is 0 Å². The van der Waals surface area contributed by atoms with Gasteiger partial charge in [0.2, 0.25) is 10.0 Å². The average molecular weight is 444 g/mol. The number of amides is 1. The summed E-state index contributed by atoms with van der Waals surface area (Å²) < 4.78 is 26.6. The van der Waals surface area contributed by atoms with Gasteiger partial charge in [0.15, 0.2) is 0 Å². The highest BCUT2D eigenvalue weighted by Crippen LogP contribution is 2.22. The van der Waals surface area contributed by atoms with E-state index < -0.39 is 10.0 Å². The third-order valence-electron chi connectivity index (χ3n) is 4.64. The van der Waals surface area contributed by atoms with Crippen LogP contribution in [-0.4, -0.2) is 37.9 Å². The van der Waals surface area contributed by atoms with E-state index in [0.717, 1.165) is 24.6 Å². The van der Waals surface area contributed by atoms with Crippen LogP contribution in [0.15, 0.2) is 70.6 Å². The molecule has 0 radical (unpaired) electrons. The minimum Gasteiger partial charge on any atom is -0.322 e. The first-order chi connectivity index (χ1) is 14.4. The Morgan fingerprint density at radius 2 is 1.67 bits per heavy atom. The van der Waals surface area contributed by atoms with Gasteiger partial charge < -0.3 is 10.7 Å². The Kier molecular flexibility index (Phi) is 7.20. The van der Waals surface area contributed by atoms with Gasteiger partial charge in [-0.25, -0.2) is 8.42 Å². The van der Waals surface area contributed by atoms with Gasteiger partial charge in [-0.05, 0) is 73.0 Å². The quantitative estimate of drug-likeness (QED) is 0.487. The van der Waals surface area contributed by atoms with Crippen molar-refractivity contribution in [2.24, 2.45) is 0 Å². The van der Waals surface area contributed by atoms with Crippen LogP contribution in [0.4, 0.5) is 5.69 Å². The standard InChI is InChI=1S/C22H22ClN3O3S/c23-19(4-3-13-24)16-17-5-7-18(8-6-17)22(27)25-20-9-11-21(12-10-20)30(28,29)26-14-1-2-15-26/h3-13,16,24H,1-2,14-15H2,(H,25,27). The number of carbonyl (C=O) groups excluding carboxylic acids is 1. The molecule has 0 saturated carbocycles. The summed E-state index contributed by atoms with van der Waals surface area (Å²) in [5.74, 6) is -0.296. The number of benzene rings is 2. The van der Waals surface area contributed by atoms with E-state index in [0.29, 0.717) is 29.4 Å². The zero-order valence-corrected chi connectivity index (χ0v) is 17.8. The second-order valence-electron chi connectivity index (χ2n) is 6.77. The molecule has 0 aromatic heterocycles. The van der Waals surface area contributed by atoms with Crippen LogP contribution in [0.1, 0.15) is 28.8 Å². The second kappa shape index (κ2) is 9.84. The molecule has 2 N–H and O–H groups in total. The van der Waals surface area contributed by atoms with Crippen molar-refractivity contribution in [2.45, 2.75) is 17.7 Å². The van der Waals surface area contributed by atoms with E-state index in [-0.39, 0.29) is 10.8 Å². The first-order valence-electron chi connectivity index (χ1n) is 9.46. The summed E-state index contributed by atoms with van der Waals surface area (Å²) in [6, 6.07) is 13.1. The summed E-state index contributed by atoms with van der Waals surface area (Å²) in [6.45, 7) is 1.10. The summed E-state index contributed by atoms with van der Waals surface area (Å²) in [6.07, 6.45) is 7.75. The molecule has 0 spiro atoms. The third-order valence-corrected chi connectivity index (χ3v) is 6.79. The molecule has 1 heterocycles. The Labute approximate surface area is 181 Å². The maximum Gasteiger partial charge on any atom is 0.255 e. The van der Waals surface area contributed by atoms with Gasteiger partial charge in [-0.2, -0.15) is 4.31 Å². The van der Waals surface area contributed by atoms with E-state index in [9.17, 15) is 13.2 Å². The molecule has 6 nitrogen and oxygen atoms in total. The Morgan fingerprint density at radius 3 is 2.27 bits per heavy atom. The molecule has 1 aliphatic heterocycles. The van der Waals surface area contributed by atoms with Gasteiger partial charge in [0, 0.05) is 35.6 Å². The van der Waals surface area contributed by atoms with Gasteiger partial charge in [0.05, 0.1) is 4.90 Å². The molecular formula is C22H22ClN3O3S. The minimum atomic E-state index is -3.47. The number of carbonyl (C=O) groups is 1. The molecule has 30 heavy (non-hydrogen) atoms. The number of anilines is 1. The van der Waals surface area contributed by atoms with Crippen LogP contribution in [0.3, 0.4) is 0 Å². The molecule has 1 fully saturated rings. The van der Waals surface area contributed by atoms with Crippen LogP contribution in [0.2, 0.25) is 0 Å². The highest BCUT2D eigenvalue weighted by atomic mass is 35.5. The van der Waals surface area contributed by atoms with Crippen molar-refractivity contribution in [1.82, 2.24) is 4.31 Å². The number of allylic oxidation sites excluding steroid dienone is 3. The molecule has 1 amide bonds. The van der Waals surface area contributed by atoms with Crippen molar-refractivity contribution in [3.05, 3.63) is 76.8 Å². The number of nitrogens with one attached hydrogen (secondary N) is 2. The first-order valence-corrected chi connectivity index (χ1v) is 11.3. The third kappa shape index (κ3) is 5.44. The average Bonchev–Trinajstić information content (AvgIpc) is 3.29. The molecule has 2 aromatic carbocycles. The summed E-state index contributed by atoms with van der Waals surface area (Å²) in [5, 5.41) is 10.2. The Balaban J connectivity index is 1.66. The molecule has 8 heteroatoms. The van der Waals surface area contributed by atoms with E-state index in [4.69, 9.17) is 17.0 Å². The van der Waals surface area contributed by atoms with Crippen LogP contribution in [0, 0.1) is 5.41 Å². The van der Waals surface area contributed by atoms with Crippen molar-refractivity contribution < 1.29 is 13.2 Å². The number of rotatable bonds is 7. The lowest BCUT2D eigenvalue weighted by molar-refractivity contribution is 0.102. The molecular weight excluding hydrogens is 422 g/mol. The lowest BCUT2D eigenvalue weighted by Crippen LogP contribution is -2.27. The summed E-state index contributed by atoms with van der Waals surface area (Å²) in [5.41, 5.74) is 1.80. The van der Waals surface area contributed by atoms with Crippen LogP contribution in [0.25, 0.3) is 6.08 Å². The lowest BCUT2D eigenvalue weighted by atomic mass is 10.1. The van der Waals surface area contributed by atoms with Crippen LogP contribution < -0.4 is 5.32 Å². The molecule has 0 atom stereocenters. The summed E-state index contributed by atoms with van der Waals surface area (Å²) in [7, 11) is -3.47. The van der Waals surface area contributed by atoms with Crippen LogP contribution in [-0.2, 0) is 10.0 Å². The van der Waals surface area contributed by atoms with E-state index in [2.05, 4.69) is 5.32 Å².